The van der Waals surface area contributed by atoms with Crippen LogP contribution in [0.1, 0.15) is 11.1 Å². The van der Waals surface area contributed by atoms with E-state index in [0.717, 1.165) is 33.2 Å². The Labute approximate surface area is 166 Å². The number of nitrogens with zero attached hydrogens (tertiary/aromatic N) is 1. The minimum atomic E-state index is -3.81. The molecule has 28 heavy (non-hydrogen) atoms. The molecule has 0 unspecified atom stereocenters. The smallest absolute Gasteiger partial charge is 0.263 e. The number of anilines is 1. The van der Waals surface area contributed by atoms with Gasteiger partial charge in [-0.15, -0.1) is 0 Å². The quantitative estimate of drug-likeness (QED) is 0.564. The van der Waals surface area contributed by atoms with Gasteiger partial charge in [-0.1, -0.05) is 60.7 Å². The zero-order valence-electron chi connectivity index (χ0n) is 15.9. The fourth-order valence-electron chi connectivity index (χ4n) is 3.16. The lowest BCUT2D eigenvalue weighted by atomic mass is 10.0. The summed E-state index contributed by atoms with van der Waals surface area (Å²) in [6.45, 7) is 11.2. The summed E-state index contributed by atoms with van der Waals surface area (Å²) in [7, 11) is -3.81. The molecule has 0 amide bonds. The summed E-state index contributed by atoms with van der Waals surface area (Å²) >= 11 is 0. The van der Waals surface area contributed by atoms with Gasteiger partial charge in [-0.3, -0.25) is 4.72 Å². The number of benzene rings is 2. The van der Waals surface area contributed by atoms with Gasteiger partial charge in [0.2, 0.25) is 0 Å². The Kier molecular flexibility index (Phi) is 5.47. The Morgan fingerprint density at radius 2 is 1.71 bits per heavy atom. The molecule has 0 aliphatic rings. The lowest BCUT2D eigenvalue weighted by Crippen LogP contribution is -2.15. The van der Waals surface area contributed by atoms with E-state index in [1.807, 2.05) is 50.2 Å². The molecule has 1 N–H and O–H groups in total. The SMILES string of the molecule is C=C/C=C(\C=C)S(=O)(=O)Nc1cc2ccccc2c(-c2cc(C)cc(C)c2)n1. The van der Waals surface area contributed by atoms with Crippen LogP contribution in [0.15, 0.2) is 84.8 Å². The molecule has 0 fully saturated rings. The molecule has 0 aliphatic carbocycles. The van der Waals surface area contributed by atoms with E-state index < -0.39 is 10.0 Å². The number of aryl methyl sites for hydroxylation is 2. The van der Waals surface area contributed by atoms with Crippen LogP contribution in [0.3, 0.4) is 0 Å². The van der Waals surface area contributed by atoms with Gasteiger partial charge in [0, 0.05) is 10.9 Å². The zero-order valence-corrected chi connectivity index (χ0v) is 16.8. The highest BCUT2D eigenvalue weighted by molar-refractivity contribution is 7.96. The minimum Gasteiger partial charge on any atom is -0.263 e. The van der Waals surface area contributed by atoms with Crippen molar-refractivity contribution in [1.29, 1.82) is 0 Å². The summed E-state index contributed by atoms with van der Waals surface area (Å²) in [6, 6.07) is 15.7. The van der Waals surface area contributed by atoms with Crippen LogP contribution in [0.4, 0.5) is 5.82 Å². The van der Waals surface area contributed by atoms with E-state index >= 15 is 0 Å². The summed E-state index contributed by atoms with van der Waals surface area (Å²) in [5, 5.41) is 1.86. The fourth-order valence-corrected chi connectivity index (χ4v) is 4.16. The number of aromatic nitrogens is 1. The first-order valence-corrected chi connectivity index (χ1v) is 10.3. The van der Waals surface area contributed by atoms with Gasteiger partial charge >= 0.3 is 0 Å². The highest BCUT2D eigenvalue weighted by Gasteiger charge is 2.17. The first-order valence-electron chi connectivity index (χ1n) is 8.80. The van der Waals surface area contributed by atoms with Crippen molar-refractivity contribution < 1.29 is 8.42 Å². The van der Waals surface area contributed by atoms with Crippen molar-refractivity contribution in [1.82, 2.24) is 4.98 Å². The number of sulfonamides is 1. The molecule has 0 saturated carbocycles. The molecule has 1 aromatic heterocycles. The maximum absolute atomic E-state index is 12.7. The normalized spacial score (nSPS) is 12.0. The van der Waals surface area contributed by atoms with Gasteiger partial charge in [0.05, 0.1) is 10.6 Å². The highest BCUT2D eigenvalue weighted by atomic mass is 32.2. The van der Waals surface area contributed by atoms with Crippen LogP contribution in [-0.4, -0.2) is 13.4 Å². The van der Waals surface area contributed by atoms with Crippen molar-refractivity contribution in [2.75, 3.05) is 4.72 Å². The van der Waals surface area contributed by atoms with Crippen LogP contribution in [0, 0.1) is 13.8 Å². The van der Waals surface area contributed by atoms with Gasteiger partial charge in [0.25, 0.3) is 10.0 Å². The second-order valence-corrected chi connectivity index (χ2v) is 8.25. The first-order chi connectivity index (χ1) is 13.3. The molecule has 5 heteroatoms. The summed E-state index contributed by atoms with van der Waals surface area (Å²) < 4.78 is 27.9. The second kappa shape index (κ2) is 7.82. The van der Waals surface area contributed by atoms with E-state index in [0.29, 0.717) is 0 Å². The third-order valence-electron chi connectivity index (χ3n) is 4.27. The molecule has 0 radical (unpaired) electrons. The van der Waals surface area contributed by atoms with Crippen molar-refractivity contribution >= 4 is 26.6 Å². The number of allylic oxidation sites excluding steroid dienone is 3. The average molecular weight is 391 g/mol. The lowest BCUT2D eigenvalue weighted by Gasteiger charge is -2.13. The van der Waals surface area contributed by atoms with Crippen molar-refractivity contribution in [2.24, 2.45) is 0 Å². The minimum absolute atomic E-state index is 0.0328. The maximum Gasteiger partial charge on any atom is 0.263 e. The molecule has 3 aromatic rings. The summed E-state index contributed by atoms with van der Waals surface area (Å²) in [5.74, 6) is 0.254. The van der Waals surface area contributed by atoms with Gasteiger partial charge in [-0.05, 0) is 49.6 Å². The van der Waals surface area contributed by atoms with E-state index in [-0.39, 0.29) is 10.7 Å². The molecular formula is C23H22N2O2S. The predicted molar refractivity (Wildman–Crippen MR) is 118 cm³/mol. The van der Waals surface area contributed by atoms with Crippen LogP contribution in [0.2, 0.25) is 0 Å². The van der Waals surface area contributed by atoms with Gasteiger partial charge in [-0.25, -0.2) is 13.4 Å². The van der Waals surface area contributed by atoms with E-state index in [2.05, 4.69) is 28.9 Å². The zero-order chi connectivity index (χ0) is 20.3. The van der Waals surface area contributed by atoms with Crippen molar-refractivity contribution in [3.05, 3.63) is 95.9 Å². The first kappa shape index (κ1) is 19.6. The van der Waals surface area contributed by atoms with Crippen LogP contribution in [-0.2, 0) is 10.0 Å². The van der Waals surface area contributed by atoms with Crippen LogP contribution in [0.5, 0.6) is 0 Å². The number of fused-ring (bicyclic) bond motifs is 1. The van der Waals surface area contributed by atoms with Gasteiger partial charge in [0.1, 0.15) is 5.82 Å². The number of hydrogen-bond donors (Lipinski definition) is 1. The predicted octanol–water partition coefficient (Wildman–Crippen LogP) is 5.52. The molecule has 2 aromatic carbocycles. The Hall–Kier alpha value is -3.18. The Morgan fingerprint density at radius 3 is 2.36 bits per heavy atom. The summed E-state index contributed by atoms with van der Waals surface area (Å²) in [6.07, 6.45) is 4.07. The van der Waals surface area contributed by atoms with E-state index in [4.69, 9.17) is 0 Å². The van der Waals surface area contributed by atoms with Gasteiger partial charge < -0.3 is 0 Å². The fraction of sp³-hybridized carbons (Fsp3) is 0.0870. The van der Waals surface area contributed by atoms with Gasteiger partial charge in [-0.2, -0.15) is 0 Å². The summed E-state index contributed by atoms with van der Waals surface area (Å²) in [5.41, 5.74) is 3.92. The topological polar surface area (TPSA) is 59.1 Å². The van der Waals surface area contributed by atoms with Crippen molar-refractivity contribution in [3.8, 4) is 11.3 Å². The Morgan fingerprint density at radius 1 is 1.04 bits per heavy atom. The number of hydrogen-bond acceptors (Lipinski definition) is 3. The molecule has 0 aliphatic heterocycles. The maximum atomic E-state index is 12.7. The largest absolute Gasteiger partial charge is 0.263 e. The van der Waals surface area contributed by atoms with Gasteiger partial charge in [0.15, 0.2) is 0 Å². The van der Waals surface area contributed by atoms with Crippen molar-refractivity contribution in [2.45, 2.75) is 13.8 Å². The standard InChI is InChI=1S/C23H22N2O2S/c1-5-9-20(6-2)28(26,27)25-22-15-18-10-7-8-11-21(18)23(24-22)19-13-16(3)12-17(4)14-19/h5-15H,1-2H2,3-4H3,(H,24,25)/b20-9+. The van der Waals surface area contributed by atoms with Crippen LogP contribution in [0.25, 0.3) is 22.0 Å². The molecule has 0 saturated heterocycles. The highest BCUT2D eigenvalue weighted by Crippen LogP contribution is 2.31. The van der Waals surface area contributed by atoms with E-state index in [1.165, 1.54) is 18.2 Å². The molecule has 3 rings (SSSR count). The number of nitrogens with one attached hydrogen (secondary N) is 1. The molecule has 0 bridgehead atoms. The number of rotatable bonds is 6. The molecule has 1 heterocycles. The molecule has 0 spiro atoms. The lowest BCUT2D eigenvalue weighted by molar-refractivity contribution is 0.607. The molecular weight excluding hydrogens is 368 g/mol. The van der Waals surface area contributed by atoms with E-state index in [9.17, 15) is 8.42 Å². The Bertz CT molecular complexity index is 1190. The van der Waals surface area contributed by atoms with Crippen LogP contribution < -0.4 is 4.72 Å². The Balaban J connectivity index is 2.20. The van der Waals surface area contributed by atoms with Crippen molar-refractivity contribution in [3.63, 3.8) is 0 Å². The monoisotopic (exact) mass is 390 g/mol. The molecule has 142 valence electrons. The van der Waals surface area contributed by atoms with E-state index in [1.54, 1.807) is 6.07 Å². The number of pyridine rings is 1. The molecule has 0 atom stereocenters. The molecule has 4 nitrogen and oxygen atoms in total. The summed E-state index contributed by atoms with van der Waals surface area (Å²) in [4.78, 5) is 4.67. The third kappa shape index (κ3) is 4.05. The average Bonchev–Trinajstić information content (AvgIpc) is 2.64. The van der Waals surface area contributed by atoms with Crippen LogP contribution >= 0.6 is 0 Å². The second-order valence-electron chi connectivity index (χ2n) is 6.57. The third-order valence-corrected chi connectivity index (χ3v) is 5.67.